The number of fused-ring (bicyclic) bond motifs is 1. The second-order valence-electron chi connectivity index (χ2n) is 2.82. The molecule has 1 aromatic carbocycles. The van der Waals surface area contributed by atoms with E-state index in [-0.39, 0.29) is 0 Å². The monoisotopic (exact) mass is 144 g/mol. The van der Waals surface area contributed by atoms with Crippen molar-refractivity contribution in [3.05, 3.63) is 42.9 Å². The van der Waals surface area contributed by atoms with Crippen molar-refractivity contribution in [2.24, 2.45) is 7.05 Å². The van der Waals surface area contributed by atoms with Gasteiger partial charge in [0.25, 0.3) is 0 Å². The van der Waals surface area contributed by atoms with Crippen LogP contribution >= 0.6 is 0 Å². The Morgan fingerprint density at radius 3 is 2.91 bits per heavy atom. The van der Waals surface area contributed by atoms with Gasteiger partial charge in [0, 0.05) is 18.8 Å². The second kappa shape index (κ2) is 2.12. The number of aryl methyl sites for hydroxylation is 1. The highest BCUT2D eigenvalue weighted by Gasteiger charge is 1.95. The van der Waals surface area contributed by atoms with E-state index in [2.05, 4.69) is 35.9 Å². The lowest BCUT2D eigenvalue weighted by atomic mass is 10.2. The third kappa shape index (κ3) is 0.929. The van der Waals surface area contributed by atoms with E-state index in [1.54, 1.807) is 0 Å². The molecule has 1 nitrogen and oxygen atoms in total. The summed E-state index contributed by atoms with van der Waals surface area (Å²) < 4.78 is 2.10. The van der Waals surface area contributed by atoms with Crippen LogP contribution in [-0.2, 0) is 7.05 Å². The number of hydrogen-bond donors (Lipinski definition) is 0. The highest BCUT2D eigenvalue weighted by Crippen LogP contribution is 2.15. The Morgan fingerprint density at radius 1 is 1.27 bits per heavy atom. The molecule has 0 saturated carbocycles. The van der Waals surface area contributed by atoms with Crippen LogP contribution < -0.4 is 0 Å². The predicted molar refractivity (Wildman–Crippen MR) is 47.4 cm³/mol. The first-order valence-electron chi connectivity index (χ1n) is 3.64. The van der Waals surface area contributed by atoms with Crippen molar-refractivity contribution in [1.82, 2.24) is 4.57 Å². The fourth-order valence-corrected chi connectivity index (χ4v) is 1.31. The van der Waals surface area contributed by atoms with Gasteiger partial charge >= 0.3 is 0 Å². The first-order valence-corrected chi connectivity index (χ1v) is 3.64. The van der Waals surface area contributed by atoms with E-state index < -0.39 is 0 Å². The van der Waals surface area contributed by atoms with Crippen LogP contribution in [0.2, 0.25) is 0 Å². The smallest absolute Gasteiger partial charge is 0.0480 e. The zero-order valence-corrected chi connectivity index (χ0v) is 6.54. The van der Waals surface area contributed by atoms with Gasteiger partial charge in [-0.05, 0) is 30.0 Å². The van der Waals surface area contributed by atoms with Crippen LogP contribution in [-0.4, -0.2) is 4.57 Å². The van der Waals surface area contributed by atoms with Crippen LogP contribution in [0.5, 0.6) is 0 Å². The molecule has 0 saturated heterocycles. The first kappa shape index (κ1) is 6.47. The molecule has 2 rings (SSSR count). The van der Waals surface area contributed by atoms with E-state index >= 15 is 0 Å². The molecule has 1 heterocycles. The average Bonchev–Trinajstić information content (AvgIpc) is 2.33. The van der Waals surface area contributed by atoms with E-state index in [1.165, 1.54) is 10.9 Å². The number of nitrogens with zero attached hydrogens (tertiary/aromatic N) is 1. The van der Waals surface area contributed by atoms with Gasteiger partial charge in [0.2, 0.25) is 0 Å². The maximum Gasteiger partial charge on any atom is 0.0480 e. The fraction of sp³-hybridized carbons (Fsp3) is 0.100. The van der Waals surface area contributed by atoms with Crippen molar-refractivity contribution >= 4 is 10.9 Å². The predicted octanol–water partition coefficient (Wildman–Crippen LogP) is 2.36. The molecular formula is C10H10N. The first-order chi connectivity index (χ1) is 5.27. The van der Waals surface area contributed by atoms with Gasteiger partial charge in [-0.25, -0.2) is 0 Å². The minimum absolute atomic E-state index is 1.07. The normalized spacial score (nSPS) is 10.7. The summed E-state index contributed by atoms with van der Waals surface area (Å²) >= 11 is 0. The summed E-state index contributed by atoms with van der Waals surface area (Å²) in [5, 5.41) is 1.28. The molecule has 2 aromatic rings. The van der Waals surface area contributed by atoms with E-state index in [1.807, 2.05) is 13.1 Å². The Balaban J connectivity index is 2.87. The van der Waals surface area contributed by atoms with Crippen LogP contribution in [0.25, 0.3) is 10.9 Å². The second-order valence-corrected chi connectivity index (χ2v) is 2.82. The van der Waals surface area contributed by atoms with E-state index in [0.29, 0.717) is 0 Å². The van der Waals surface area contributed by atoms with Crippen molar-refractivity contribution < 1.29 is 0 Å². The minimum atomic E-state index is 1.07. The summed E-state index contributed by atoms with van der Waals surface area (Å²) in [6, 6.07) is 8.32. The van der Waals surface area contributed by atoms with Gasteiger partial charge in [0.05, 0.1) is 0 Å². The Labute approximate surface area is 66.3 Å². The zero-order chi connectivity index (χ0) is 7.84. The van der Waals surface area contributed by atoms with Crippen molar-refractivity contribution in [1.29, 1.82) is 0 Å². The third-order valence-corrected chi connectivity index (χ3v) is 1.95. The van der Waals surface area contributed by atoms with Crippen molar-refractivity contribution in [2.75, 3.05) is 0 Å². The molecule has 0 aliphatic rings. The molecule has 0 amide bonds. The topological polar surface area (TPSA) is 4.93 Å². The van der Waals surface area contributed by atoms with Gasteiger partial charge < -0.3 is 4.57 Å². The van der Waals surface area contributed by atoms with Crippen LogP contribution in [0, 0.1) is 6.92 Å². The third-order valence-electron chi connectivity index (χ3n) is 1.95. The molecular weight excluding hydrogens is 134 g/mol. The minimum Gasteiger partial charge on any atom is -0.351 e. The number of hydrogen-bond acceptors (Lipinski definition) is 0. The maximum absolute atomic E-state index is 3.88. The fourth-order valence-electron chi connectivity index (χ4n) is 1.31. The summed E-state index contributed by atoms with van der Waals surface area (Å²) in [5.74, 6) is 0. The van der Waals surface area contributed by atoms with Gasteiger partial charge in [0.1, 0.15) is 0 Å². The molecule has 55 valence electrons. The highest BCUT2D eigenvalue weighted by atomic mass is 14.9. The molecule has 0 fully saturated rings. The largest absolute Gasteiger partial charge is 0.351 e. The Bertz CT molecular complexity index is 385. The van der Waals surface area contributed by atoms with Crippen molar-refractivity contribution in [3.8, 4) is 0 Å². The molecule has 0 bridgehead atoms. The maximum atomic E-state index is 3.88. The molecule has 1 aromatic heterocycles. The van der Waals surface area contributed by atoms with Gasteiger partial charge in [-0.15, -0.1) is 0 Å². The molecule has 0 spiro atoms. The molecule has 0 unspecified atom stereocenters. The number of aromatic nitrogens is 1. The summed E-state index contributed by atoms with van der Waals surface area (Å²) in [4.78, 5) is 0. The summed E-state index contributed by atoms with van der Waals surface area (Å²) in [6.45, 7) is 3.88. The molecule has 0 aliphatic carbocycles. The van der Waals surface area contributed by atoms with E-state index in [0.717, 1.165) is 5.56 Å². The van der Waals surface area contributed by atoms with Crippen molar-refractivity contribution in [2.45, 2.75) is 0 Å². The van der Waals surface area contributed by atoms with Gasteiger partial charge in [-0.2, -0.15) is 0 Å². The van der Waals surface area contributed by atoms with Gasteiger partial charge in [-0.1, -0.05) is 12.1 Å². The lowest BCUT2D eigenvalue weighted by Crippen LogP contribution is -1.83. The molecule has 1 heteroatoms. The summed E-state index contributed by atoms with van der Waals surface area (Å²) in [5.41, 5.74) is 2.32. The Hall–Kier alpha value is -1.24. The summed E-state index contributed by atoms with van der Waals surface area (Å²) in [6.07, 6.45) is 2.06. The van der Waals surface area contributed by atoms with E-state index in [4.69, 9.17) is 0 Å². The van der Waals surface area contributed by atoms with Crippen LogP contribution in [0.3, 0.4) is 0 Å². The van der Waals surface area contributed by atoms with Gasteiger partial charge in [0.15, 0.2) is 0 Å². The average molecular weight is 144 g/mol. The molecule has 0 atom stereocenters. The van der Waals surface area contributed by atoms with Crippen LogP contribution in [0.15, 0.2) is 30.5 Å². The number of rotatable bonds is 0. The highest BCUT2D eigenvalue weighted by molar-refractivity contribution is 5.80. The lowest BCUT2D eigenvalue weighted by Gasteiger charge is -1.96. The Kier molecular flexibility index (Phi) is 1.25. The standard InChI is InChI=1S/C10H10N/c1-8-3-4-9-5-6-11(2)10(9)7-8/h3-7H,1H2,2H3. The number of benzene rings is 1. The van der Waals surface area contributed by atoms with Crippen molar-refractivity contribution in [3.63, 3.8) is 0 Å². The van der Waals surface area contributed by atoms with Crippen LogP contribution in [0.4, 0.5) is 0 Å². The molecule has 11 heavy (non-hydrogen) atoms. The van der Waals surface area contributed by atoms with Gasteiger partial charge in [-0.3, -0.25) is 0 Å². The van der Waals surface area contributed by atoms with E-state index in [9.17, 15) is 0 Å². The Morgan fingerprint density at radius 2 is 2.09 bits per heavy atom. The lowest BCUT2D eigenvalue weighted by molar-refractivity contribution is 0.969. The zero-order valence-electron chi connectivity index (χ0n) is 6.54. The molecule has 0 aliphatic heterocycles. The summed E-state index contributed by atoms with van der Waals surface area (Å²) in [7, 11) is 2.04. The molecule has 1 radical (unpaired) electrons. The quantitative estimate of drug-likeness (QED) is 0.535. The molecule has 0 N–H and O–H groups in total. The SMILES string of the molecule is [CH2]c1ccc2ccn(C)c2c1. The van der Waals surface area contributed by atoms with Crippen LogP contribution in [0.1, 0.15) is 5.56 Å².